The maximum Gasteiger partial charge on any atom is 0.320 e. The summed E-state index contributed by atoms with van der Waals surface area (Å²) in [4.78, 5) is 11.2. The van der Waals surface area contributed by atoms with Gasteiger partial charge in [0.15, 0.2) is 0 Å². The van der Waals surface area contributed by atoms with E-state index in [9.17, 15) is 9.90 Å². The number of hydrogen-bond acceptors (Lipinski definition) is 3. The molecule has 2 N–H and O–H groups in total. The van der Waals surface area contributed by atoms with Crippen molar-refractivity contribution in [1.29, 1.82) is 0 Å². The minimum Gasteiger partial charge on any atom is -0.493 e. The predicted molar refractivity (Wildman–Crippen MR) is 81.6 cm³/mol. The second kappa shape index (κ2) is 6.14. The highest BCUT2D eigenvalue weighted by atomic mass is 16.5. The summed E-state index contributed by atoms with van der Waals surface area (Å²) in [5, 5.41) is 14.5. The second-order valence-electron chi connectivity index (χ2n) is 5.45. The van der Waals surface area contributed by atoms with Crippen LogP contribution >= 0.6 is 0 Å². The molecule has 1 aliphatic rings. The van der Waals surface area contributed by atoms with Gasteiger partial charge in [-0.25, -0.2) is 0 Å². The van der Waals surface area contributed by atoms with Gasteiger partial charge in [-0.05, 0) is 24.3 Å². The molecule has 110 valence electrons. The number of rotatable bonds is 7. The van der Waals surface area contributed by atoms with Crippen LogP contribution in [0.4, 0.5) is 0 Å². The minimum atomic E-state index is -0.802. The van der Waals surface area contributed by atoms with E-state index in [4.69, 9.17) is 4.74 Å². The molecule has 1 aliphatic carbocycles. The number of hydrogen-bond donors (Lipinski definition) is 2. The van der Waals surface area contributed by atoms with Gasteiger partial charge >= 0.3 is 5.97 Å². The lowest BCUT2D eigenvalue weighted by atomic mass is 10.1. The molecule has 4 heteroatoms. The maximum absolute atomic E-state index is 11.2. The number of carboxylic acid groups (broad SMARTS) is 1. The molecule has 3 rings (SSSR count). The van der Waals surface area contributed by atoms with Crippen LogP contribution in [0.2, 0.25) is 0 Å². The summed E-state index contributed by atoms with van der Waals surface area (Å²) in [5.41, 5.74) is 0. The highest BCUT2D eigenvalue weighted by Crippen LogP contribution is 2.25. The molecule has 0 aliphatic heterocycles. The Labute approximate surface area is 123 Å². The molecular formula is C17H19NO3. The molecule has 0 bridgehead atoms. The van der Waals surface area contributed by atoms with Crippen molar-refractivity contribution in [3.63, 3.8) is 0 Å². The third-order valence-corrected chi connectivity index (χ3v) is 3.73. The van der Waals surface area contributed by atoms with Crippen molar-refractivity contribution in [2.24, 2.45) is 0 Å². The summed E-state index contributed by atoms with van der Waals surface area (Å²) in [6.45, 7) is 0.394. The van der Waals surface area contributed by atoms with E-state index < -0.39 is 12.0 Å². The van der Waals surface area contributed by atoms with E-state index >= 15 is 0 Å². The maximum atomic E-state index is 11.2. The third-order valence-electron chi connectivity index (χ3n) is 3.73. The van der Waals surface area contributed by atoms with E-state index in [1.165, 1.54) is 0 Å². The van der Waals surface area contributed by atoms with E-state index in [1.54, 1.807) is 0 Å². The van der Waals surface area contributed by atoms with Crippen LogP contribution in [0, 0.1) is 0 Å². The molecule has 1 fully saturated rings. The van der Waals surface area contributed by atoms with Gasteiger partial charge in [0.25, 0.3) is 0 Å². The summed E-state index contributed by atoms with van der Waals surface area (Å²) in [6, 6.07) is 13.8. The first kappa shape index (κ1) is 13.9. The van der Waals surface area contributed by atoms with Crippen LogP contribution in [-0.2, 0) is 4.79 Å². The van der Waals surface area contributed by atoms with Crippen molar-refractivity contribution in [2.45, 2.75) is 31.3 Å². The number of nitrogens with one attached hydrogen (secondary N) is 1. The van der Waals surface area contributed by atoms with Crippen LogP contribution in [0.15, 0.2) is 42.5 Å². The first-order chi connectivity index (χ1) is 10.2. The quantitative estimate of drug-likeness (QED) is 0.821. The average molecular weight is 285 g/mol. The van der Waals surface area contributed by atoms with Crippen LogP contribution in [0.1, 0.15) is 19.3 Å². The lowest BCUT2D eigenvalue weighted by Gasteiger charge is -2.15. The molecule has 0 heterocycles. The van der Waals surface area contributed by atoms with E-state index in [0.29, 0.717) is 19.1 Å². The Morgan fingerprint density at radius 1 is 1.24 bits per heavy atom. The molecule has 0 aromatic heterocycles. The van der Waals surface area contributed by atoms with Crippen LogP contribution in [-0.4, -0.2) is 29.8 Å². The molecule has 0 spiro atoms. The van der Waals surface area contributed by atoms with Crippen LogP contribution < -0.4 is 10.1 Å². The molecule has 1 unspecified atom stereocenters. The van der Waals surface area contributed by atoms with E-state index in [2.05, 4.69) is 5.32 Å². The summed E-state index contributed by atoms with van der Waals surface area (Å²) in [5.74, 6) is 0.00656. The largest absolute Gasteiger partial charge is 0.493 e. The van der Waals surface area contributed by atoms with Gasteiger partial charge in [0.2, 0.25) is 0 Å². The van der Waals surface area contributed by atoms with E-state index in [0.717, 1.165) is 29.4 Å². The average Bonchev–Trinajstić information content (AvgIpc) is 3.30. The van der Waals surface area contributed by atoms with Crippen molar-refractivity contribution in [3.05, 3.63) is 42.5 Å². The lowest BCUT2D eigenvalue weighted by molar-refractivity contribution is -0.139. The Hall–Kier alpha value is -2.07. The smallest absolute Gasteiger partial charge is 0.320 e. The highest BCUT2D eigenvalue weighted by Gasteiger charge is 2.28. The molecule has 4 nitrogen and oxygen atoms in total. The van der Waals surface area contributed by atoms with Crippen molar-refractivity contribution >= 4 is 16.7 Å². The molecule has 0 radical (unpaired) electrons. The van der Waals surface area contributed by atoms with Crippen LogP contribution in [0.25, 0.3) is 10.8 Å². The lowest BCUT2D eigenvalue weighted by Crippen LogP contribution is -2.39. The molecule has 21 heavy (non-hydrogen) atoms. The molecule has 2 aromatic carbocycles. The number of ether oxygens (including phenoxy) is 1. The standard InChI is InChI=1S/C17H19NO3/c19-17(20)15(18-13-8-9-13)10-11-21-16-7-3-5-12-4-1-2-6-14(12)16/h1-7,13,15,18H,8-11H2,(H,19,20). The van der Waals surface area contributed by atoms with Crippen molar-refractivity contribution in [3.8, 4) is 5.75 Å². The van der Waals surface area contributed by atoms with Gasteiger partial charge in [0.05, 0.1) is 6.61 Å². The number of carboxylic acids is 1. The zero-order valence-electron chi connectivity index (χ0n) is 11.8. The van der Waals surface area contributed by atoms with Gasteiger partial charge in [-0.1, -0.05) is 36.4 Å². The Kier molecular flexibility index (Phi) is 4.06. The SMILES string of the molecule is O=C(O)C(CCOc1cccc2ccccc12)NC1CC1. The molecule has 1 atom stereocenters. The number of aliphatic carboxylic acids is 1. The fraction of sp³-hybridized carbons (Fsp3) is 0.353. The van der Waals surface area contributed by atoms with Gasteiger partial charge in [0.1, 0.15) is 11.8 Å². The predicted octanol–water partition coefficient (Wildman–Crippen LogP) is 2.81. The van der Waals surface area contributed by atoms with Crippen molar-refractivity contribution < 1.29 is 14.6 Å². The molecule has 1 saturated carbocycles. The number of carbonyl (C=O) groups is 1. The number of fused-ring (bicyclic) bond motifs is 1. The van der Waals surface area contributed by atoms with Crippen molar-refractivity contribution in [1.82, 2.24) is 5.32 Å². The topological polar surface area (TPSA) is 58.6 Å². The molecule has 2 aromatic rings. The van der Waals surface area contributed by atoms with Gasteiger partial charge < -0.3 is 15.2 Å². The Balaban J connectivity index is 1.61. The van der Waals surface area contributed by atoms with Crippen LogP contribution in [0.5, 0.6) is 5.75 Å². The summed E-state index contributed by atoms with van der Waals surface area (Å²) in [7, 11) is 0. The zero-order chi connectivity index (χ0) is 14.7. The van der Waals surface area contributed by atoms with Gasteiger partial charge in [0, 0.05) is 17.8 Å². The third kappa shape index (κ3) is 3.52. The normalized spacial score (nSPS) is 15.8. The van der Waals surface area contributed by atoms with Crippen LogP contribution in [0.3, 0.4) is 0 Å². The van der Waals surface area contributed by atoms with Gasteiger partial charge in [-0.15, -0.1) is 0 Å². The molecule has 0 saturated heterocycles. The molecule has 0 amide bonds. The highest BCUT2D eigenvalue weighted by molar-refractivity contribution is 5.88. The molecular weight excluding hydrogens is 266 g/mol. The summed E-state index contributed by atoms with van der Waals surface area (Å²) in [6.07, 6.45) is 2.62. The van der Waals surface area contributed by atoms with Gasteiger partial charge in [-0.2, -0.15) is 0 Å². The second-order valence-corrected chi connectivity index (χ2v) is 5.45. The Bertz CT molecular complexity index is 631. The summed E-state index contributed by atoms with van der Waals surface area (Å²) >= 11 is 0. The number of benzene rings is 2. The summed E-state index contributed by atoms with van der Waals surface area (Å²) < 4.78 is 5.80. The first-order valence-electron chi connectivity index (χ1n) is 7.33. The fourth-order valence-corrected chi connectivity index (χ4v) is 2.42. The fourth-order valence-electron chi connectivity index (χ4n) is 2.42. The van der Waals surface area contributed by atoms with E-state index in [1.807, 2.05) is 42.5 Å². The monoisotopic (exact) mass is 285 g/mol. The van der Waals surface area contributed by atoms with Gasteiger partial charge in [-0.3, -0.25) is 4.79 Å². The Morgan fingerprint density at radius 3 is 2.76 bits per heavy atom. The first-order valence-corrected chi connectivity index (χ1v) is 7.33. The van der Waals surface area contributed by atoms with Crippen molar-refractivity contribution in [2.75, 3.05) is 6.61 Å². The minimum absolute atomic E-state index is 0.378. The Morgan fingerprint density at radius 2 is 2.00 bits per heavy atom. The van der Waals surface area contributed by atoms with E-state index in [-0.39, 0.29) is 0 Å². The zero-order valence-corrected chi connectivity index (χ0v) is 11.8.